The maximum atomic E-state index is 12.0. The van der Waals surface area contributed by atoms with Crippen LogP contribution in [0.1, 0.15) is 12.0 Å². The van der Waals surface area contributed by atoms with Crippen LogP contribution in [0.15, 0.2) is 18.2 Å². The molecule has 0 bridgehead atoms. The fourth-order valence-corrected chi connectivity index (χ4v) is 3.29. The molecule has 7 nitrogen and oxygen atoms in total. The van der Waals surface area contributed by atoms with Crippen LogP contribution in [-0.4, -0.2) is 49.6 Å². The number of nitrogens with two attached hydrogens (primary N) is 1. The average molecular weight is 353 g/mol. The normalized spacial score (nSPS) is 17.1. The fourth-order valence-electron chi connectivity index (χ4n) is 2.34. The smallest absolute Gasteiger partial charge is 0.255 e. The lowest BCUT2D eigenvalue weighted by Crippen LogP contribution is -2.41. The van der Waals surface area contributed by atoms with Gasteiger partial charge < -0.3 is 25.8 Å². The van der Waals surface area contributed by atoms with Crippen LogP contribution in [0.3, 0.4) is 0 Å². The van der Waals surface area contributed by atoms with Gasteiger partial charge in [0.1, 0.15) is 0 Å². The number of rotatable bonds is 8. The van der Waals surface area contributed by atoms with Gasteiger partial charge in [-0.1, -0.05) is 6.07 Å². The predicted molar refractivity (Wildman–Crippen MR) is 93.3 cm³/mol. The Kier molecular flexibility index (Phi) is 7.20. The highest BCUT2D eigenvalue weighted by molar-refractivity contribution is 7.99. The van der Waals surface area contributed by atoms with Crippen LogP contribution in [0.2, 0.25) is 0 Å². The minimum Gasteiger partial charge on any atom is -0.493 e. The average Bonchev–Trinajstić information content (AvgIpc) is 2.59. The van der Waals surface area contributed by atoms with Gasteiger partial charge in [-0.3, -0.25) is 9.59 Å². The summed E-state index contributed by atoms with van der Waals surface area (Å²) in [5.74, 6) is 2.46. The lowest BCUT2D eigenvalue weighted by molar-refractivity contribution is -0.122. The van der Waals surface area contributed by atoms with E-state index in [1.807, 2.05) is 17.8 Å². The Balaban J connectivity index is 1.85. The third kappa shape index (κ3) is 5.93. The molecule has 0 spiro atoms. The Morgan fingerprint density at radius 1 is 1.42 bits per heavy atom. The first-order valence-electron chi connectivity index (χ1n) is 7.74. The molecule has 1 aromatic carbocycles. The zero-order valence-corrected chi connectivity index (χ0v) is 14.5. The lowest BCUT2D eigenvalue weighted by Gasteiger charge is -2.22. The second-order valence-electron chi connectivity index (χ2n) is 5.45. The standard InChI is InChI=1S/C16H23N3O4S/c1-22-14-6-11(2-3-13(14)23-9-15(17)20)8-19-16(21)7-12-10-24-5-4-18-12/h2-3,6,12,18H,4-5,7-10H2,1H3,(H2,17,20)(H,19,21). The van der Waals surface area contributed by atoms with E-state index in [9.17, 15) is 9.59 Å². The summed E-state index contributed by atoms with van der Waals surface area (Å²) in [7, 11) is 1.52. The van der Waals surface area contributed by atoms with E-state index in [0.29, 0.717) is 24.5 Å². The number of hydrogen-bond donors (Lipinski definition) is 3. The summed E-state index contributed by atoms with van der Waals surface area (Å²) in [5, 5.41) is 6.25. The molecule has 8 heteroatoms. The van der Waals surface area contributed by atoms with Crippen LogP contribution in [-0.2, 0) is 16.1 Å². The first kappa shape index (κ1) is 18.4. The fraction of sp³-hybridized carbons (Fsp3) is 0.500. The monoisotopic (exact) mass is 353 g/mol. The van der Waals surface area contributed by atoms with Gasteiger partial charge in [-0.2, -0.15) is 11.8 Å². The minimum atomic E-state index is -0.553. The number of ether oxygens (including phenoxy) is 2. The van der Waals surface area contributed by atoms with E-state index in [-0.39, 0.29) is 18.6 Å². The lowest BCUT2D eigenvalue weighted by atomic mass is 10.2. The van der Waals surface area contributed by atoms with Crippen LogP contribution in [0.25, 0.3) is 0 Å². The number of benzene rings is 1. The van der Waals surface area contributed by atoms with E-state index in [4.69, 9.17) is 15.2 Å². The van der Waals surface area contributed by atoms with E-state index in [1.165, 1.54) is 7.11 Å². The van der Waals surface area contributed by atoms with Gasteiger partial charge in [0.15, 0.2) is 18.1 Å². The molecule has 1 aliphatic rings. The SMILES string of the molecule is COc1cc(CNC(=O)CC2CSCCN2)ccc1OCC(N)=O. The topological polar surface area (TPSA) is 103 Å². The van der Waals surface area contributed by atoms with Gasteiger partial charge in [0.2, 0.25) is 5.91 Å². The number of carbonyl (C=O) groups is 2. The molecule has 1 heterocycles. The van der Waals surface area contributed by atoms with Gasteiger partial charge in [-0.05, 0) is 17.7 Å². The number of primary amides is 1. The van der Waals surface area contributed by atoms with E-state index in [0.717, 1.165) is 23.6 Å². The van der Waals surface area contributed by atoms with Gasteiger partial charge in [-0.15, -0.1) is 0 Å². The Hall–Kier alpha value is -1.93. The molecule has 0 aromatic heterocycles. The van der Waals surface area contributed by atoms with Crippen molar-refractivity contribution in [2.24, 2.45) is 5.73 Å². The number of amides is 2. The Bertz CT molecular complexity index is 576. The molecular formula is C16H23N3O4S. The Morgan fingerprint density at radius 2 is 2.25 bits per heavy atom. The van der Waals surface area contributed by atoms with Gasteiger partial charge >= 0.3 is 0 Å². The van der Waals surface area contributed by atoms with Crippen molar-refractivity contribution in [2.45, 2.75) is 19.0 Å². The van der Waals surface area contributed by atoms with Crippen LogP contribution in [0.5, 0.6) is 11.5 Å². The third-order valence-electron chi connectivity index (χ3n) is 3.52. The van der Waals surface area contributed by atoms with Crippen LogP contribution in [0.4, 0.5) is 0 Å². The summed E-state index contributed by atoms with van der Waals surface area (Å²) in [6.07, 6.45) is 0.476. The minimum absolute atomic E-state index is 0.0167. The molecule has 1 fully saturated rings. The second-order valence-corrected chi connectivity index (χ2v) is 6.60. The highest BCUT2D eigenvalue weighted by atomic mass is 32.2. The summed E-state index contributed by atoms with van der Waals surface area (Å²) < 4.78 is 10.5. The van der Waals surface area contributed by atoms with Gasteiger partial charge in [-0.25, -0.2) is 0 Å². The van der Waals surface area contributed by atoms with Crippen LogP contribution in [0, 0.1) is 0 Å². The third-order valence-corrected chi connectivity index (χ3v) is 4.65. The van der Waals surface area contributed by atoms with Gasteiger partial charge in [0.25, 0.3) is 5.91 Å². The quantitative estimate of drug-likeness (QED) is 0.620. The Labute approximate surface area is 145 Å². The van der Waals surface area contributed by atoms with Crippen molar-refractivity contribution in [3.05, 3.63) is 23.8 Å². The summed E-state index contributed by atoms with van der Waals surface area (Å²) in [6.45, 7) is 1.15. The molecule has 0 saturated carbocycles. The number of thioether (sulfide) groups is 1. The molecule has 0 radical (unpaired) electrons. The Morgan fingerprint density at radius 3 is 2.92 bits per heavy atom. The molecule has 132 valence electrons. The van der Waals surface area contributed by atoms with Crippen molar-refractivity contribution in [1.29, 1.82) is 0 Å². The zero-order valence-electron chi connectivity index (χ0n) is 13.7. The molecule has 1 atom stereocenters. The first-order chi connectivity index (χ1) is 11.6. The van der Waals surface area contributed by atoms with Crippen molar-refractivity contribution in [2.75, 3.05) is 31.8 Å². The number of hydrogen-bond acceptors (Lipinski definition) is 6. The van der Waals surface area contributed by atoms with Crippen molar-refractivity contribution in [1.82, 2.24) is 10.6 Å². The number of methoxy groups -OCH3 is 1. The maximum Gasteiger partial charge on any atom is 0.255 e. The van der Waals surface area contributed by atoms with E-state index < -0.39 is 5.91 Å². The number of nitrogens with one attached hydrogen (secondary N) is 2. The molecule has 2 rings (SSSR count). The summed E-state index contributed by atoms with van der Waals surface area (Å²) in [5.41, 5.74) is 5.95. The van der Waals surface area contributed by atoms with Crippen molar-refractivity contribution < 1.29 is 19.1 Å². The van der Waals surface area contributed by atoms with E-state index >= 15 is 0 Å². The highest BCUT2D eigenvalue weighted by Crippen LogP contribution is 2.28. The van der Waals surface area contributed by atoms with Crippen LogP contribution >= 0.6 is 11.8 Å². The molecule has 1 unspecified atom stereocenters. The largest absolute Gasteiger partial charge is 0.493 e. The summed E-state index contributed by atoms with van der Waals surface area (Å²) in [4.78, 5) is 22.8. The summed E-state index contributed by atoms with van der Waals surface area (Å²) >= 11 is 1.87. The molecule has 2 amide bonds. The molecule has 1 aliphatic heterocycles. The summed E-state index contributed by atoms with van der Waals surface area (Å²) in [6, 6.07) is 5.52. The van der Waals surface area contributed by atoms with E-state index in [1.54, 1.807) is 12.1 Å². The number of carbonyl (C=O) groups excluding carboxylic acids is 2. The van der Waals surface area contributed by atoms with Crippen LogP contribution < -0.4 is 25.8 Å². The van der Waals surface area contributed by atoms with E-state index in [2.05, 4.69) is 10.6 Å². The highest BCUT2D eigenvalue weighted by Gasteiger charge is 2.16. The molecular weight excluding hydrogens is 330 g/mol. The molecule has 1 saturated heterocycles. The predicted octanol–water partition coefficient (Wildman–Crippen LogP) is 0.271. The first-order valence-corrected chi connectivity index (χ1v) is 8.90. The van der Waals surface area contributed by atoms with Crippen molar-refractivity contribution in [3.8, 4) is 11.5 Å². The molecule has 1 aromatic rings. The molecule has 4 N–H and O–H groups in total. The van der Waals surface area contributed by atoms with Crippen molar-refractivity contribution >= 4 is 23.6 Å². The zero-order chi connectivity index (χ0) is 17.4. The van der Waals surface area contributed by atoms with Gasteiger partial charge in [0.05, 0.1) is 7.11 Å². The second kappa shape index (κ2) is 9.39. The molecule has 24 heavy (non-hydrogen) atoms. The maximum absolute atomic E-state index is 12.0. The van der Waals surface area contributed by atoms with Crippen molar-refractivity contribution in [3.63, 3.8) is 0 Å². The van der Waals surface area contributed by atoms with Gasteiger partial charge in [0, 0.05) is 37.1 Å². The molecule has 0 aliphatic carbocycles.